The Labute approximate surface area is 172 Å². The third kappa shape index (κ3) is 2.95. The number of nitrogens with zero attached hydrogens (tertiary/aromatic N) is 5. The number of amides is 1. The van der Waals surface area contributed by atoms with Crippen molar-refractivity contribution in [3.05, 3.63) is 65.2 Å². The molecule has 0 saturated heterocycles. The average Bonchev–Trinajstić information content (AvgIpc) is 3.33. The van der Waals surface area contributed by atoms with Gasteiger partial charge in [0.05, 0.1) is 16.3 Å². The molecule has 10 heteroatoms. The fourth-order valence-electron chi connectivity index (χ4n) is 3.60. The lowest BCUT2D eigenvalue weighted by atomic mass is 10.1. The van der Waals surface area contributed by atoms with Crippen molar-refractivity contribution in [1.82, 2.24) is 24.6 Å². The van der Waals surface area contributed by atoms with Gasteiger partial charge >= 0.3 is 0 Å². The number of hydrogen-bond acceptors (Lipinski definition) is 5. The van der Waals surface area contributed by atoms with Gasteiger partial charge in [0.1, 0.15) is 5.82 Å². The van der Waals surface area contributed by atoms with Gasteiger partial charge < -0.3 is 9.47 Å². The van der Waals surface area contributed by atoms with Gasteiger partial charge in [-0.05, 0) is 37.3 Å². The number of aromatic nitrogens is 4. The maximum Gasteiger partial charge on any atom is 0.254 e. The van der Waals surface area contributed by atoms with Gasteiger partial charge in [0.25, 0.3) is 5.91 Å². The standard InChI is InChI=1S/C20H14F3N5OS/c1-10-17-25-26-18(19-24-15-8-13(22)14(23)9-16(15)30-19)28(17)7-6-27(10)20(29)11-2-4-12(21)5-3-11/h2-5,8-10H,6-7H2,1H3/t10-/m1/s1. The summed E-state index contributed by atoms with van der Waals surface area (Å²) in [6.07, 6.45) is 0. The van der Waals surface area contributed by atoms with Crippen LogP contribution < -0.4 is 0 Å². The van der Waals surface area contributed by atoms with Crippen molar-refractivity contribution in [1.29, 1.82) is 0 Å². The second kappa shape index (κ2) is 6.91. The molecule has 1 amide bonds. The number of fused-ring (bicyclic) bond motifs is 2. The summed E-state index contributed by atoms with van der Waals surface area (Å²) in [5.74, 6) is -1.42. The molecular weight excluding hydrogens is 415 g/mol. The lowest BCUT2D eigenvalue weighted by Gasteiger charge is -2.33. The number of halogens is 3. The summed E-state index contributed by atoms with van der Waals surface area (Å²) < 4.78 is 42.6. The van der Waals surface area contributed by atoms with E-state index >= 15 is 0 Å². The van der Waals surface area contributed by atoms with Gasteiger partial charge in [-0.25, -0.2) is 18.2 Å². The molecule has 0 fully saturated rings. The van der Waals surface area contributed by atoms with E-state index in [1.165, 1.54) is 35.6 Å². The Balaban J connectivity index is 1.48. The van der Waals surface area contributed by atoms with Crippen LogP contribution in [-0.4, -0.2) is 37.1 Å². The molecule has 0 bridgehead atoms. The molecule has 0 saturated carbocycles. The minimum atomic E-state index is -0.953. The number of hydrogen-bond donors (Lipinski definition) is 0. The third-order valence-electron chi connectivity index (χ3n) is 5.16. The lowest BCUT2D eigenvalue weighted by Crippen LogP contribution is -2.41. The Hall–Kier alpha value is -3.27. The van der Waals surface area contributed by atoms with Gasteiger partial charge in [0.15, 0.2) is 28.3 Å². The molecule has 1 atom stereocenters. The minimum absolute atomic E-state index is 0.218. The van der Waals surface area contributed by atoms with E-state index < -0.39 is 17.5 Å². The summed E-state index contributed by atoms with van der Waals surface area (Å²) in [6.45, 7) is 2.69. The summed E-state index contributed by atoms with van der Waals surface area (Å²) in [5.41, 5.74) is 0.745. The molecular formula is C20H14F3N5OS. The van der Waals surface area contributed by atoms with E-state index in [4.69, 9.17) is 0 Å². The van der Waals surface area contributed by atoms with E-state index in [9.17, 15) is 18.0 Å². The summed E-state index contributed by atoms with van der Waals surface area (Å²) in [6, 6.07) is 7.22. The molecule has 152 valence electrons. The zero-order chi connectivity index (χ0) is 21.0. The lowest BCUT2D eigenvalue weighted by molar-refractivity contribution is 0.0638. The first-order valence-corrected chi connectivity index (χ1v) is 9.99. The molecule has 6 nitrogen and oxygen atoms in total. The van der Waals surface area contributed by atoms with Crippen molar-refractivity contribution in [2.24, 2.45) is 0 Å². The molecule has 5 rings (SSSR count). The first kappa shape index (κ1) is 18.7. The van der Waals surface area contributed by atoms with Crippen molar-refractivity contribution in [2.45, 2.75) is 19.5 Å². The molecule has 0 N–H and O–H groups in total. The van der Waals surface area contributed by atoms with Crippen LogP contribution in [0, 0.1) is 17.5 Å². The average molecular weight is 429 g/mol. The van der Waals surface area contributed by atoms with E-state index in [-0.39, 0.29) is 11.9 Å². The topological polar surface area (TPSA) is 63.9 Å². The van der Waals surface area contributed by atoms with E-state index in [0.29, 0.717) is 45.5 Å². The van der Waals surface area contributed by atoms with Crippen LogP contribution in [0.1, 0.15) is 29.1 Å². The van der Waals surface area contributed by atoms with Gasteiger partial charge in [-0.3, -0.25) is 4.79 Å². The number of carbonyl (C=O) groups is 1. The second-order valence-electron chi connectivity index (χ2n) is 6.97. The largest absolute Gasteiger partial charge is 0.327 e. The zero-order valence-electron chi connectivity index (χ0n) is 15.6. The van der Waals surface area contributed by atoms with Gasteiger partial charge in [-0.15, -0.1) is 21.5 Å². The molecule has 30 heavy (non-hydrogen) atoms. The van der Waals surface area contributed by atoms with Gasteiger partial charge in [-0.2, -0.15) is 0 Å². The molecule has 1 aliphatic heterocycles. The molecule has 2 aromatic heterocycles. The number of carbonyl (C=O) groups excluding carboxylic acids is 1. The molecule has 3 heterocycles. The minimum Gasteiger partial charge on any atom is -0.327 e. The second-order valence-corrected chi connectivity index (χ2v) is 8.00. The van der Waals surface area contributed by atoms with Gasteiger partial charge in [0.2, 0.25) is 0 Å². The molecule has 0 unspecified atom stereocenters. The maximum atomic E-state index is 13.5. The summed E-state index contributed by atoms with van der Waals surface area (Å²) in [4.78, 5) is 18.9. The van der Waals surface area contributed by atoms with Crippen LogP contribution in [-0.2, 0) is 6.54 Å². The van der Waals surface area contributed by atoms with Crippen molar-refractivity contribution in [3.63, 3.8) is 0 Å². The van der Waals surface area contributed by atoms with E-state index in [2.05, 4.69) is 15.2 Å². The zero-order valence-corrected chi connectivity index (χ0v) is 16.5. The highest BCUT2D eigenvalue weighted by molar-refractivity contribution is 7.21. The highest BCUT2D eigenvalue weighted by Gasteiger charge is 2.32. The molecule has 4 aromatic rings. The fraction of sp³-hybridized carbons (Fsp3) is 0.200. The Morgan fingerprint density at radius 1 is 1.07 bits per heavy atom. The van der Waals surface area contributed by atoms with Crippen molar-refractivity contribution in [3.8, 4) is 10.8 Å². The van der Waals surface area contributed by atoms with Crippen molar-refractivity contribution < 1.29 is 18.0 Å². The van der Waals surface area contributed by atoms with Crippen molar-refractivity contribution >= 4 is 27.5 Å². The van der Waals surface area contributed by atoms with Crippen LogP contribution in [0.25, 0.3) is 21.0 Å². The number of rotatable bonds is 2. The van der Waals surface area contributed by atoms with Crippen LogP contribution >= 0.6 is 11.3 Å². The molecule has 0 radical (unpaired) electrons. The number of thiazole rings is 1. The summed E-state index contributed by atoms with van der Waals surface area (Å²) in [7, 11) is 0. The Morgan fingerprint density at radius 2 is 1.80 bits per heavy atom. The predicted octanol–water partition coefficient (Wildman–Crippen LogP) is 4.19. The maximum absolute atomic E-state index is 13.5. The SMILES string of the molecule is C[C@@H]1c2nnc(-c3nc4cc(F)c(F)cc4s3)n2CCN1C(=O)c1ccc(F)cc1. The van der Waals surface area contributed by atoms with Crippen LogP contribution in [0.15, 0.2) is 36.4 Å². The summed E-state index contributed by atoms with van der Waals surface area (Å²) in [5, 5.41) is 8.96. The number of benzene rings is 2. The summed E-state index contributed by atoms with van der Waals surface area (Å²) >= 11 is 1.20. The highest BCUT2D eigenvalue weighted by atomic mass is 32.1. The Bertz CT molecular complexity index is 1240. The monoisotopic (exact) mass is 429 g/mol. The first-order chi connectivity index (χ1) is 14.4. The smallest absolute Gasteiger partial charge is 0.254 e. The molecule has 0 aliphatic carbocycles. The van der Waals surface area contributed by atoms with E-state index in [1.54, 1.807) is 4.90 Å². The van der Waals surface area contributed by atoms with Crippen LogP contribution in [0.2, 0.25) is 0 Å². The molecule has 1 aliphatic rings. The molecule has 2 aromatic carbocycles. The Kier molecular flexibility index (Phi) is 4.31. The van der Waals surface area contributed by atoms with Crippen LogP contribution in [0.5, 0.6) is 0 Å². The van der Waals surface area contributed by atoms with E-state index in [0.717, 1.165) is 12.1 Å². The fourth-order valence-corrected chi connectivity index (χ4v) is 4.56. The van der Waals surface area contributed by atoms with Crippen LogP contribution in [0.4, 0.5) is 13.2 Å². The molecule has 0 spiro atoms. The Morgan fingerprint density at radius 3 is 2.57 bits per heavy atom. The van der Waals surface area contributed by atoms with Crippen LogP contribution in [0.3, 0.4) is 0 Å². The van der Waals surface area contributed by atoms with E-state index in [1.807, 2.05) is 11.5 Å². The quantitative estimate of drug-likeness (QED) is 0.479. The predicted molar refractivity (Wildman–Crippen MR) is 104 cm³/mol. The normalized spacial score (nSPS) is 16.1. The third-order valence-corrected chi connectivity index (χ3v) is 6.17. The van der Waals surface area contributed by atoms with Crippen molar-refractivity contribution in [2.75, 3.05) is 6.54 Å². The van der Waals surface area contributed by atoms with Gasteiger partial charge in [-0.1, -0.05) is 0 Å². The first-order valence-electron chi connectivity index (χ1n) is 9.18. The highest BCUT2D eigenvalue weighted by Crippen LogP contribution is 2.34. The van der Waals surface area contributed by atoms with Gasteiger partial charge in [0, 0.05) is 24.7 Å².